The van der Waals surface area contributed by atoms with E-state index in [4.69, 9.17) is 17.2 Å². The van der Waals surface area contributed by atoms with E-state index in [-0.39, 0.29) is 17.3 Å². The van der Waals surface area contributed by atoms with E-state index in [0.29, 0.717) is 6.04 Å². The maximum absolute atomic E-state index is 13.8. The highest BCUT2D eigenvalue weighted by molar-refractivity contribution is 7.80. The Morgan fingerprint density at radius 1 is 0.839 bits per heavy atom. The first-order valence-electron chi connectivity index (χ1n) is 12.6. The number of rotatable bonds is 3. The van der Waals surface area contributed by atoms with Crippen LogP contribution in [0, 0.1) is 11.2 Å². The second kappa shape index (κ2) is 9.27. The maximum Gasteiger partial charge on any atom is 0.127 e. The van der Waals surface area contributed by atoms with Crippen LogP contribution in [0.3, 0.4) is 0 Å². The molecule has 2 heterocycles. The lowest BCUT2D eigenvalue weighted by Gasteiger charge is -2.44. The Kier molecular flexibility index (Phi) is 6.43. The Morgan fingerprint density at radius 2 is 1.45 bits per heavy atom. The van der Waals surface area contributed by atoms with Gasteiger partial charge in [0.25, 0.3) is 0 Å². The van der Waals surface area contributed by atoms with Crippen molar-refractivity contribution in [1.29, 1.82) is 0 Å². The van der Waals surface area contributed by atoms with Crippen LogP contribution < -0.4 is 4.90 Å². The molecule has 0 amide bonds. The molecule has 4 aliphatic rings. The quantitative estimate of drug-likeness (QED) is 0.498. The van der Waals surface area contributed by atoms with E-state index in [1.54, 1.807) is 12.1 Å². The summed E-state index contributed by atoms with van der Waals surface area (Å²) >= 11 is 6.30. The summed E-state index contributed by atoms with van der Waals surface area (Å²) in [5.74, 6) is 0.979. The minimum atomic E-state index is -0.195. The van der Waals surface area contributed by atoms with Crippen molar-refractivity contribution >= 4 is 28.7 Å². The molecule has 0 aromatic heterocycles. The lowest BCUT2D eigenvalue weighted by molar-refractivity contribution is 0.112. The zero-order chi connectivity index (χ0) is 21.3. The topological polar surface area (TPSA) is 18.8 Å². The molecule has 0 N–H and O–H groups in total. The highest BCUT2D eigenvalue weighted by Gasteiger charge is 2.57. The monoisotopic (exact) mass is 441 g/mol. The summed E-state index contributed by atoms with van der Waals surface area (Å²) in [4.78, 5) is 11.5. The maximum atomic E-state index is 13.8. The van der Waals surface area contributed by atoms with Gasteiger partial charge in [-0.3, -0.25) is 14.8 Å². The smallest absolute Gasteiger partial charge is 0.127 e. The van der Waals surface area contributed by atoms with Gasteiger partial charge >= 0.3 is 0 Å². The van der Waals surface area contributed by atoms with Gasteiger partial charge in [-0.05, 0) is 75.9 Å². The number of thiocarbonyl (C=S) groups is 1. The van der Waals surface area contributed by atoms with Gasteiger partial charge in [0.05, 0.1) is 17.1 Å². The van der Waals surface area contributed by atoms with Gasteiger partial charge < -0.3 is 0 Å². The lowest BCUT2D eigenvalue weighted by atomic mass is 9.69. The SMILES string of the molecule is Fc1ccc(N2C(=S)C3(CCCCC3)[C@H](N3CCCCC3)C2=NC2CCCCC2)cc1. The van der Waals surface area contributed by atoms with E-state index in [9.17, 15) is 4.39 Å². The van der Waals surface area contributed by atoms with Crippen molar-refractivity contribution in [2.24, 2.45) is 10.4 Å². The van der Waals surface area contributed by atoms with Gasteiger partial charge in [0, 0.05) is 11.1 Å². The molecule has 1 spiro atoms. The molecule has 5 rings (SSSR count). The van der Waals surface area contributed by atoms with Crippen LogP contribution in [-0.2, 0) is 0 Å². The second-order valence-electron chi connectivity index (χ2n) is 10.1. The first-order chi connectivity index (χ1) is 15.2. The van der Waals surface area contributed by atoms with Crippen molar-refractivity contribution in [3.8, 4) is 0 Å². The van der Waals surface area contributed by atoms with Gasteiger partial charge in [-0.1, -0.05) is 57.2 Å². The molecule has 0 radical (unpaired) electrons. The molecule has 2 aliphatic carbocycles. The van der Waals surface area contributed by atoms with Crippen LogP contribution in [0.5, 0.6) is 0 Å². The fraction of sp³-hybridized carbons (Fsp3) is 0.692. The highest BCUT2D eigenvalue weighted by Crippen LogP contribution is 2.50. The first-order valence-corrected chi connectivity index (χ1v) is 13.0. The number of likely N-dealkylation sites (tertiary alicyclic amines) is 1. The largest absolute Gasteiger partial charge is 0.293 e. The second-order valence-corrected chi connectivity index (χ2v) is 10.5. The zero-order valence-electron chi connectivity index (χ0n) is 18.7. The number of halogens is 1. The van der Waals surface area contributed by atoms with E-state index in [1.165, 1.54) is 76.5 Å². The normalized spacial score (nSPS) is 29.2. The van der Waals surface area contributed by atoms with Crippen LogP contribution >= 0.6 is 12.2 Å². The summed E-state index contributed by atoms with van der Waals surface area (Å²) < 4.78 is 13.8. The lowest BCUT2D eigenvalue weighted by Crippen LogP contribution is -2.52. The molecule has 0 bridgehead atoms. The van der Waals surface area contributed by atoms with Gasteiger partial charge in [0.15, 0.2) is 0 Å². The van der Waals surface area contributed by atoms with Crippen LogP contribution in [0.15, 0.2) is 29.3 Å². The molecule has 2 aliphatic heterocycles. The van der Waals surface area contributed by atoms with Gasteiger partial charge in [0.1, 0.15) is 11.7 Å². The van der Waals surface area contributed by atoms with Gasteiger partial charge in [-0.25, -0.2) is 4.39 Å². The van der Waals surface area contributed by atoms with Crippen LogP contribution in [0.4, 0.5) is 10.1 Å². The number of amidine groups is 1. The number of piperidine rings is 1. The number of benzene rings is 1. The molecule has 168 valence electrons. The predicted octanol–water partition coefficient (Wildman–Crippen LogP) is 6.51. The van der Waals surface area contributed by atoms with Gasteiger partial charge in [-0.2, -0.15) is 0 Å². The van der Waals surface area contributed by atoms with Crippen molar-refractivity contribution < 1.29 is 4.39 Å². The van der Waals surface area contributed by atoms with E-state index in [2.05, 4.69) is 9.80 Å². The molecule has 1 aromatic rings. The predicted molar refractivity (Wildman–Crippen MR) is 131 cm³/mol. The number of hydrogen-bond donors (Lipinski definition) is 0. The molecular weight excluding hydrogens is 405 g/mol. The van der Waals surface area contributed by atoms with Crippen LogP contribution in [0.25, 0.3) is 0 Å². The van der Waals surface area contributed by atoms with Gasteiger partial charge in [-0.15, -0.1) is 0 Å². The average Bonchev–Trinajstić information content (AvgIpc) is 3.03. The third-order valence-electron chi connectivity index (χ3n) is 8.10. The van der Waals surface area contributed by atoms with Crippen LogP contribution in [0.1, 0.15) is 83.5 Å². The number of anilines is 1. The summed E-state index contributed by atoms with van der Waals surface area (Å²) in [7, 11) is 0. The van der Waals surface area contributed by atoms with Crippen molar-refractivity contribution in [3.05, 3.63) is 30.1 Å². The number of nitrogens with zero attached hydrogens (tertiary/aromatic N) is 3. The Hall–Kier alpha value is -1.33. The summed E-state index contributed by atoms with van der Waals surface area (Å²) in [6.45, 7) is 2.30. The minimum Gasteiger partial charge on any atom is -0.293 e. The number of hydrogen-bond acceptors (Lipinski definition) is 3. The zero-order valence-corrected chi connectivity index (χ0v) is 19.5. The van der Waals surface area contributed by atoms with E-state index in [0.717, 1.165) is 36.6 Å². The first kappa shape index (κ1) is 21.5. The fourth-order valence-corrected chi connectivity index (χ4v) is 7.05. The van der Waals surface area contributed by atoms with E-state index >= 15 is 0 Å². The van der Waals surface area contributed by atoms with E-state index < -0.39 is 0 Å². The minimum absolute atomic E-state index is 0.00676. The van der Waals surface area contributed by atoms with Crippen LogP contribution in [-0.4, -0.2) is 40.9 Å². The Balaban J connectivity index is 1.61. The van der Waals surface area contributed by atoms with Crippen molar-refractivity contribution in [1.82, 2.24) is 4.90 Å². The molecular formula is C26H36FN3S. The van der Waals surface area contributed by atoms with Crippen LogP contribution in [0.2, 0.25) is 0 Å². The molecule has 2 saturated carbocycles. The third-order valence-corrected chi connectivity index (χ3v) is 8.69. The molecule has 2 saturated heterocycles. The molecule has 1 aromatic carbocycles. The average molecular weight is 442 g/mol. The summed E-state index contributed by atoms with van der Waals surface area (Å²) in [6, 6.07) is 7.61. The van der Waals surface area contributed by atoms with E-state index in [1.807, 2.05) is 12.1 Å². The summed E-state index contributed by atoms with van der Waals surface area (Å²) in [5, 5.41) is 0. The van der Waals surface area contributed by atoms with Crippen molar-refractivity contribution in [3.63, 3.8) is 0 Å². The molecule has 0 unspecified atom stereocenters. The van der Waals surface area contributed by atoms with Gasteiger partial charge in [0.2, 0.25) is 0 Å². The molecule has 4 fully saturated rings. The summed E-state index contributed by atoms with van der Waals surface area (Å²) in [5.41, 5.74) is 0.998. The molecule has 1 atom stereocenters. The standard InChI is InChI=1S/C26H36FN3S/c27-20-12-14-22(15-13-20)30-24(28-21-10-4-1-5-11-21)23(29-18-8-3-9-19-29)26(25(30)31)16-6-2-7-17-26/h12-15,21,23H,1-11,16-19H2/t23-/m1/s1. The molecule has 5 heteroatoms. The third kappa shape index (κ3) is 4.08. The highest BCUT2D eigenvalue weighted by atomic mass is 32.1. The number of aliphatic imine (C=N–C) groups is 1. The molecule has 3 nitrogen and oxygen atoms in total. The summed E-state index contributed by atoms with van der Waals surface area (Å²) in [6.07, 6.45) is 16.3. The Bertz CT molecular complexity index is 802. The van der Waals surface area contributed by atoms with Crippen molar-refractivity contribution in [2.75, 3.05) is 18.0 Å². The Morgan fingerprint density at radius 3 is 2.13 bits per heavy atom. The Labute approximate surface area is 192 Å². The van der Waals surface area contributed by atoms with Crippen molar-refractivity contribution in [2.45, 2.75) is 95.6 Å². The fourth-order valence-electron chi connectivity index (χ4n) is 6.54. The molecule has 31 heavy (non-hydrogen) atoms.